The standard InChI is InChI=1S/C20H28ClN3O.HI/c1-22-18(24-11-9-19(14-24)10-12-25-15-19)23-13-20(7-2-8-20)16-3-5-17(21)6-4-16;/h3-6H,2,7-15H2,1H3,(H,22,23);1H. The number of ether oxygens (including phenoxy) is 1. The van der Waals surface area contributed by atoms with Gasteiger partial charge in [0.05, 0.1) is 6.61 Å². The fraction of sp³-hybridized carbons (Fsp3) is 0.650. The maximum Gasteiger partial charge on any atom is 0.193 e. The van der Waals surface area contributed by atoms with Crippen LogP contribution in [0.5, 0.6) is 0 Å². The van der Waals surface area contributed by atoms with Crippen LogP contribution >= 0.6 is 35.6 Å². The molecule has 6 heteroatoms. The molecule has 0 aromatic heterocycles. The maximum absolute atomic E-state index is 6.07. The lowest BCUT2D eigenvalue weighted by atomic mass is 9.64. The molecule has 1 spiro atoms. The monoisotopic (exact) mass is 489 g/mol. The molecule has 1 aromatic rings. The van der Waals surface area contributed by atoms with Crippen molar-refractivity contribution < 1.29 is 4.74 Å². The van der Waals surface area contributed by atoms with E-state index in [0.717, 1.165) is 43.8 Å². The van der Waals surface area contributed by atoms with E-state index in [1.54, 1.807) is 0 Å². The Morgan fingerprint density at radius 3 is 2.58 bits per heavy atom. The Morgan fingerprint density at radius 1 is 1.23 bits per heavy atom. The molecule has 26 heavy (non-hydrogen) atoms. The molecule has 4 rings (SSSR count). The molecule has 1 unspecified atom stereocenters. The summed E-state index contributed by atoms with van der Waals surface area (Å²) in [6, 6.07) is 8.39. The molecule has 2 heterocycles. The van der Waals surface area contributed by atoms with Gasteiger partial charge in [0.25, 0.3) is 0 Å². The van der Waals surface area contributed by atoms with Gasteiger partial charge in [-0.25, -0.2) is 0 Å². The molecule has 4 nitrogen and oxygen atoms in total. The first-order chi connectivity index (χ1) is 12.1. The van der Waals surface area contributed by atoms with Gasteiger partial charge in [0.15, 0.2) is 5.96 Å². The van der Waals surface area contributed by atoms with Gasteiger partial charge in [-0.1, -0.05) is 30.2 Å². The molecular weight excluding hydrogens is 461 g/mol. The fourth-order valence-corrected chi connectivity index (χ4v) is 4.77. The molecule has 0 radical (unpaired) electrons. The second-order valence-corrected chi connectivity index (χ2v) is 8.45. The highest BCUT2D eigenvalue weighted by Crippen LogP contribution is 2.43. The minimum Gasteiger partial charge on any atom is -0.381 e. The van der Waals surface area contributed by atoms with Crippen molar-refractivity contribution in [2.24, 2.45) is 10.4 Å². The Bertz CT molecular complexity index is 639. The molecule has 144 valence electrons. The Labute approximate surface area is 178 Å². The number of benzene rings is 1. The third-order valence-corrected chi connectivity index (χ3v) is 6.74. The third-order valence-electron chi connectivity index (χ3n) is 6.49. The molecule has 1 atom stereocenters. The van der Waals surface area contributed by atoms with E-state index >= 15 is 0 Å². The van der Waals surface area contributed by atoms with Crippen LogP contribution < -0.4 is 5.32 Å². The zero-order valence-electron chi connectivity index (χ0n) is 15.5. The lowest BCUT2D eigenvalue weighted by Gasteiger charge is -2.43. The molecule has 0 bridgehead atoms. The highest BCUT2D eigenvalue weighted by molar-refractivity contribution is 14.0. The van der Waals surface area contributed by atoms with E-state index in [1.807, 2.05) is 19.2 Å². The zero-order chi connectivity index (χ0) is 17.3. The first-order valence-electron chi connectivity index (χ1n) is 9.44. The number of nitrogens with one attached hydrogen (secondary N) is 1. The summed E-state index contributed by atoms with van der Waals surface area (Å²) in [5.41, 5.74) is 1.99. The number of nitrogens with zero attached hydrogens (tertiary/aromatic N) is 2. The first-order valence-corrected chi connectivity index (χ1v) is 9.82. The van der Waals surface area contributed by atoms with Crippen LogP contribution in [0.25, 0.3) is 0 Å². The smallest absolute Gasteiger partial charge is 0.193 e. The van der Waals surface area contributed by atoms with Crippen LogP contribution in [0.2, 0.25) is 5.02 Å². The number of halogens is 2. The Balaban J connectivity index is 0.00000196. The number of aliphatic imine (C=N–C) groups is 1. The van der Waals surface area contributed by atoms with Gasteiger partial charge in [-0.05, 0) is 43.4 Å². The van der Waals surface area contributed by atoms with Gasteiger partial charge in [-0.2, -0.15) is 0 Å². The highest BCUT2D eigenvalue weighted by Gasteiger charge is 2.43. The third kappa shape index (κ3) is 3.85. The molecule has 1 N–H and O–H groups in total. The topological polar surface area (TPSA) is 36.9 Å². The first kappa shape index (κ1) is 20.2. The summed E-state index contributed by atoms with van der Waals surface area (Å²) >= 11 is 6.07. The SMILES string of the molecule is CN=C(NCC1(c2ccc(Cl)cc2)CCC1)N1CCC2(CCOC2)C1.I. The van der Waals surface area contributed by atoms with Crippen molar-refractivity contribution in [3.63, 3.8) is 0 Å². The van der Waals surface area contributed by atoms with Crippen LogP contribution in [0.4, 0.5) is 0 Å². The summed E-state index contributed by atoms with van der Waals surface area (Å²) in [7, 11) is 1.90. The van der Waals surface area contributed by atoms with E-state index in [2.05, 4.69) is 27.3 Å². The van der Waals surface area contributed by atoms with Gasteiger partial charge < -0.3 is 15.0 Å². The van der Waals surface area contributed by atoms with Crippen molar-refractivity contribution in [3.05, 3.63) is 34.9 Å². The van der Waals surface area contributed by atoms with E-state index in [-0.39, 0.29) is 29.4 Å². The van der Waals surface area contributed by atoms with Crippen LogP contribution in [0.15, 0.2) is 29.3 Å². The van der Waals surface area contributed by atoms with Gasteiger partial charge in [0, 0.05) is 49.1 Å². The van der Waals surface area contributed by atoms with Gasteiger partial charge in [0.1, 0.15) is 0 Å². The lowest BCUT2D eigenvalue weighted by Crippen LogP contribution is -2.50. The summed E-state index contributed by atoms with van der Waals surface area (Å²) < 4.78 is 5.65. The van der Waals surface area contributed by atoms with Crippen LogP contribution in [-0.2, 0) is 10.2 Å². The van der Waals surface area contributed by atoms with Crippen molar-refractivity contribution in [1.29, 1.82) is 0 Å². The second kappa shape index (κ2) is 8.23. The Kier molecular flexibility index (Phi) is 6.40. The molecule has 3 aliphatic rings. The molecule has 2 aliphatic heterocycles. The highest BCUT2D eigenvalue weighted by atomic mass is 127. The van der Waals surface area contributed by atoms with Crippen LogP contribution in [0.3, 0.4) is 0 Å². The predicted molar refractivity (Wildman–Crippen MR) is 118 cm³/mol. The summed E-state index contributed by atoms with van der Waals surface area (Å²) in [6.45, 7) is 4.92. The lowest BCUT2D eigenvalue weighted by molar-refractivity contribution is 0.156. The predicted octanol–water partition coefficient (Wildman–Crippen LogP) is 4.07. The minimum absolute atomic E-state index is 0. The van der Waals surface area contributed by atoms with Gasteiger partial charge in [0.2, 0.25) is 0 Å². The summed E-state index contributed by atoms with van der Waals surface area (Å²) in [4.78, 5) is 6.98. The average Bonchev–Trinajstić information content (AvgIpc) is 3.22. The van der Waals surface area contributed by atoms with Crippen LogP contribution in [0.1, 0.15) is 37.7 Å². The normalized spacial score (nSPS) is 27.3. The van der Waals surface area contributed by atoms with Gasteiger partial charge in [-0.15, -0.1) is 24.0 Å². The molecule has 1 aromatic carbocycles. The van der Waals surface area contributed by atoms with Crippen LogP contribution in [-0.4, -0.2) is 50.8 Å². The van der Waals surface area contributed by atoms with Gasteiger partial charge >= 0.3 is 0 Å². The number of guanidine groups is 1. The summed E-state index contributed by atoms with van der Waals surface area (Å²) in [5.74, 6) is 1.05. The Hall–Kier alpha value is -0.530. The van der Waals surface area contributed by atoms with Crippen molar-refractivity contribution >= 4 is 41.5 Å². The number of hydrogen-bond donors (Lipinski definition) is 1. The zero-order valence-corrected chi connectivity index (χ0v) is 18.6. The number of likely N-dealkylation sites (tertiary alicyclic amines) is 1. The van der Waals surface area contributed by atoms with Crippen LogP contribution in [0, 0.1) is 5.41 Å². The fourth-order valence-electron chi connectivity index (χ4n) is 4.64. The van der Waals surface area contributed by atoms with E-state index in [4.69, 9.17) is 16.3 Å². The Morgan fingerprint density at radius 2 is 2.00 bits per heavy atom. The van der Waals surface area contributed by atoms with Crippen molar-refractivity contribution in [1.82, 2.24) is 10.2 Å². The molecule has 0 amide bonds. The quantitative estimate of drug-likeness (QED) is 0.395. The number of hydrogen-bond acceptors (Lipinski definition) is 2. The average molecular weight is 490 g/mol. The second-order valence-electron chi connectivity index (χ2n) is 8.02. The van der Waals surface area contributed by atoms with Crippen molar-refractivity contribution in [2.75, 3.05) is 39.9 Å². The molecule has 1 saturated carbocycles. The largest absolute Gasteiger partial charge is 0.381 e. The summed E-state index contributed by atoms with van der Waals surface area (Å²) in [6.07, 6.45) is 6.17. The minimum atomic E-state index is 0. The molecular formula is C20H29ClIN3O. The van der Waals surface area contributed by atoms with E-state index in [9.17, 15) is 0 Å². The van der Waals surface area contributed by atoms with Crippen molar-refractivity contribution in [3.8, 4) is 0 Å². The molecule has 1 aliphatic carbocycles. The maximum atomic E-state index is 6.07. The molecule has 3 fully saturated rings. The number of rotatable bonds is 3. The van der Waals surface area contributed by atoms with E-state index < -0.39 is 0 Å². The van der Waals surface area contributed by atoms with Gasteiger partial charge in [-0.3, -0.25) is 4.99 Å². The summed E-state index contributed by atoms with van der Waals surface area (Å²) in [5, 5.41) is 4.48. The van der Waals surface area contributed by atoms with E-state index in [1.165, 1.54) is 37.7 Å². The molecule has 2 saturated heterocycles. The van der Waals surface area contributed by atoms with E-state index in [0.29, 0.717) is 5.41 Å². The van der Waals surface area contributed by atoms with Crippen molar-refractivity contribution in [2.45, 2.75) is 37.5 Å².